The molecule has 266 valence electrons. The first-order chi connectivity index (χ1) is 22.7. The maximum atomic E-state index is 12.9. The smallest absolute Gasteiger partial charge is 0.240 e. The van der Waals surface area contributed by atoms with Crippen LogP contribution in [-0.2, 0) is 39.0 Å². The van der Waals surface area contributed by atoms with E-state index in [1.165, 1.54) is 13.0 Å². The molecular formula is C32H46N4O10S2. The van der Waals surface area contributed by atoms with Gasteiger partial charge in [-0.1, -0.05) is 29.0 Å². The van der Waals surface area contributed by atoms with Crippen LogP contribution >= 0.6 is 0 Å². The zero-order valence-electron chi connectivity index (χ0n) is 28.4. The van der Waals surface area contributed by atoms with Crippen molar-refractivity contribution < 1.29 is 44.8 Å². The summed E-state index contributed by atoms with van der Waals surface area (Å²) in [5, 5.41) is 7.82. The molecule has 3 rings (SSSR count). The van der Waals surface area contributed by atoms with Gasteiger partial charge in [0.15, 0.2) is 0 Å². The molecule has 0 radical (unpaired) electrons. The van der Waals surface area contributed by atoms with E-state index in [0.717, 1.165) is 11.1 Å². The van der Waals surface area contributed by atoms with Gasteiger partial charge < -0.3 is 28.0 Å². The Morgan fingerprint density at radius 2 is 1.29 bits per heavy atom. The second-order valence-electron chi connectivity index (χ2n) is 10.9. The predicted octanol–water partition coefficient (Wildman–Crippen LogP) is 3.75. The average molecular weight is 711 g/mol. The van der Waals surface area contributed by atoms with Crippen LogP contribution in [0.5, 0.6) is 0 Å². The maximum absolute atomic E-state index is 12.9. The Morgan fingerprint density at radius 3 is 1.81 bits per heavy atom. The predicted molar refractivity (Wildman–Crippen MR) is 180 cm³/mol. The fourth-order valence-electron chi connectivity index (χ4n) is 4.73. The number of benzene rings is 1. The van der Waals surface area contributed by atoms with Gasteiger partial charge in [0.25, 0.3) is 0 Å². The monoisotopic (exact) mass is 710 g/mol. The minimum atomic E-state index is -3.75. The number of rotatable bonds is 22. The van der Waals surface area contributed by atoms with Crippen molar-refractivity contribution in [2.24, 2.45) is 0 Å². The largest absolute Gasteiger partial charge is 0.378 e. The van der Waals surface area contributed by atoms with E-state index in [4.69, 9.17) is 28.0 Å². The number of sulfonamides is 2. The second kappa shape index (κ2) is 18.5. The van der Waals surface area contributed by atoms with E-state index >= 15 is 0 Å². The molecule has 1 aromatic carbocycles. The highest BCUT2D eigenvalue weighted by Gasteiger charge is 2.20. The van der Waals surface area contributed by atoms with Crippen molar-refractivity contribution in [1.29, 1.82) is 0 Å². The third-order valence-corrected chi connectivity index (χ3v) is 10.3. The molecule has 0 spiro atoms. The van der Waals surface area contributed by atoms with Crippen LogP contribution in [0, 0.1) is 34.6 Å². The summed E-state index contributed by atoms with van der Waals surface area (Å²) in [6.45, 7) is 16.8. The highest BCUT2D eigenvalue weighted by molar-refractivity contribution is 7.93. The standard InChI is InChI=1S/C32H46N4O10S2/c1-22-8-9-29(32-26(5)36-46-28(32)7)21-30(22)48(39,40)34-11-13-42-15-17-44-19-18-43-16-14-41-12-10-33-47(37,38)24(3)20-23(2)31-25(4)35-45-27(31)6/h8-9,20-21,33-34H,2,10-19H2,1,3-7H3/b24-20+. The second-order valence-corrected chi connectivity index (χ2v) is 14.6. The molecule has 16 heteroatoms. The molecule has 0 fully saturated rings. The number of ether oxygens (including phenoxy) is 4. The Kier molecular flexibility index (Phi) is 15.1. The van der Waals surface area contributed by atoms with Crippen molar-refractivity contribution in [3.63, 3.8) is 0 Å². The molecule has 0 atom stereocenters. The molecule has 0 bridgehead atoms. The van der Waals surface area contributed by atoms with Crippen LogP contribution in [-0.4, -0.2) is 93.1 Å². The summed E-state index contributed by atoms with van der Waals surface area (Å²) < 4.78 is 88.1. The Hall–Kier alpha value is -3.22. The summed E-state index contributed by atoms with van der Waals surface area (Å²) in [5.41, 5.74) is 4.66. The number of allylic oxidation sites excluding steroid dienone is 3. The molecule has 2 heterocycles. The van der Waals surface area contributed by atoms with E-state index in [1.807, 2.05) is 13.0 Å². The molecular weight excluding hydrogens is 665 g/mol. The van der Waals surface area contributed by atoms with Gasteiger partial charge in [0, 0.05) is 24.2 Å². The van der Waals surface area contributed by atoms with Crippen LogP contribution in [0.25, 0.3) is 16.7 Å². The molecule has 0 amide bonds. The van der Waals surface area contributed by atoms with Crippen LogP contribution < -0.4 is 9.44 Å². The first-order valence-corrected chi connectivity index (χ1v) is 18.4. The summed E-state index contributed by atoms with van der Waals surface area (Å²) in [5.74, 6) is 1.20. The van der Waals surface area contributed by atoms with Gasteiger partial charge in [-0.2, -0.15) is 0 Å². The van der Waals surface area contributed by atoms with E-state index in [-0.39, 0.29) is 36.1 Å². The first kappa shape index (κ1) is 39.2. The van der Waals surface area contributed by atoms with Crippen molar-refractivity contribution in [1.82, 2.24) is 19.8 Å². The van der Waals surface area contributed by atoms with Crippen LogP contribution in [0.3, 0.4) is 0 Å². The Bertz CT molecular complexity index is 1720. The molecule has 0 aliphatic rings. The fraction of sp³-hybridized carbons (Fsp3) is 0.500. The van der Waals surface area contributed by atoms with Gasteiger partial charge in [0.05, 0.1) is 74.0 Å². The topological polar surface area (TPSA) is 181 Å². The first-order valence-electron chi connectivity index (χ1n) is 15.4. The molecule has 2 N–H and O–H groups in total. The lowest BCUT2D eigenvalue weighted by molar-refractivity contribution is -0.000532. The number of hydrogen-bond donors (Lipinski definition) is 2. The lowest BCUT2D eigenvalue weighted by atomic mass is 10.0. The summed E-state index contributed by atoms with van der Waals surface area (Å²) in [7, 11) is -7.45. The molecule has 0 unspecified atom stereocenters. The van der Waals surface area contributed by atoms with Crippen LogP contribution in [0.1, 0.15) is 41.0 Å². The quantitative estimate of drug-likeness (QED) is 0.114. The Morgan fingerprint density at radius 1 is 0.771 bits per heavy atom. The van der Waals surface area contributed by atoms with Gasteiger partial charge in [-0.05, 0) is 70.4 Å². The van der Waals surface area contributed by atoms with E-state index in [1.54, 1.807) is 39.8 Å². The number of aryl methyl sites for hydroxylation is 5. The molecule has 0 aliphatic carbocycles. The summed E-state index contributed by atoms with van der Waals surface area (Å²) in [4.78, 5) is 0.308. The van der Waals surface area contributed by atoms with E-state index in [0.29, 0.717) is 79.2 Å². The van der Waals surface area contributed by atoms with Crippen LogP contribution in [0.4, 0.5) is 0 Å². The summed E-state index contributed by atoms with van der Waals surface area (Å²) in [6, 6.07) is 5.24. The van der Waals surface area contributed by atoms with E-state index in [2.05, 4.69) is 26.3 Å². The van der Waals surface area contributed by atoms with Gasteiger partial charge >= 0.3 is 0 Å². The fourth-order valence-corrected chi connectivity index (χ4v) is 6.89. The summed E-state index contributed by atoms with van der Waals surface area (Å²) in [6.07, 6.45) is 1.48. The van der Waals surface area contributed by atoms with Crippen molar-refractivity contribution in [3.8, 4) is 11.1 Å². The highest BCUT2D eigenvalue weighted by atomic mass is 32.2. The van der Waals surface area contributed by atoms with E-state index in [9.17, 15) is 16.8 Å². The average Bonchev–Trinajstić information content (AvgIpc) is 3.55. The molecule has 0 saturated heterocycles. The van der Waals surface area contributed by atoms with Gasteiger partial charge in [-0.3, -0.25) is 0 Å². The van der Waals surface area contributed by atoms with Crippen LogP contribution in [0.2, 0.25) is 0 Å². The highest BCUT2D eigenvalue weighted by Crippen LogP contribution is 2.30. The SMILES string of the molecule is C=C(/C=C(\C)S(=O)(=O)NCCOCCOCCOCCOCCNS(=O)(=O)c1cc(-c2c(C)noc2C)ccc1C)c1c(C)noc1C. The number of nitrogens with zero attached hydrogens (tertiary/aromatic N) is 2. The molecule has 48 heavy (non-hydrogen) atoms. The molecule has 0 saturated carbocycles. The lowest BCUT2D eigenvalue weighted by Crippen LogP contribution is -2.28. The van der Waals surface area contributed by atoms with Crippen molar-refractivity contribution in [2.45, 2.75) is 46.4 Å². The normalized spacial score (nSPS) is 12.6. The Balaban J connectivity index is 1.20. The molecule has 14 nitrogen and oxygen atoms in total. The minimum Gasteiger partial charge on any atom is -0.378 e. The van der Waals surface area contributed by atoms with Gasteiger partial charge in [0.2, 0.25) is 20.0 Å². The third kappa shape index (κ3) is 11.4. The van der Waals surface area contributed by atoms with Crippen molar-refractivity contribution >= 4 is 25.6 Å². The number of nitrogens with one attached hydrogen (secondary N) is 2. The number of aromatic nitrogens is 2. The third-order valence-electron chi connectivity index (χ3n) is 7.15. The number of hydrogen-bond acceptors (Lipinski definition) is 12. The van der Waals surface area contributed by atoms with Gasteiger partial charge in [0.1, 0.15) is 11.5 Å². The Labute approximate surface area is 282 Å². The van der Waals surface area contributed by atoms with Crippen LogP contribution in [0.15, 0.2) is 49.7 Å². The van der Waals surface area contributed by atoms with E-state index < -0.39 is 20.0 Å². The zero-order chi connectivity index (χ0) is 35.3. The molecule has 2 aromatic heterocycles. The van der Waals surface area contributed by atoms with Crippen molar-refractivity contribution in [2.75, 3.05) is 65.9 Å². The van der Waals surface area contributed by atoms with Gasteiger partial charge in [-0.15, -0.1) is 0 Å². The zero-order valence-corrected chi connectivity index (χ0v) is 30.0. The summed E-state index contributed by atoms with van der Waals surface area (Å²) >= 11 is 0. The maximum Gasteiger partial charge on any atom is 0.240 e. The van der Waals surface area contributed by atoms with Crippen molar-refractivity contribution in [3.05, 3.63) is 69.8 Å². The molecule has 3 aromatic rings. The minimum absolute atomic E-state index is 0.103. The molecule has 0 aliphatic heterocycles. The lowest BCUT2D eigenvalue weighted by Gasteiger charge is -2.12. The van der Waals surface area contributed by atoms with Gasteiger partial charge in [-0.25, -0.2) is 26.3 Å².